The van der Waals surface area contributed by atoms with Crippen molar-refractivity contribution in [2.24, 2.45) is 11.8 Å². The van der Waals surface area contributed by atoms with E-state index >= 15 is 0 Å². The zero-order chi connectivity index (χ0) is 27.0. The third-order valence-electron chi connectivity index (χ3n) is 8.33. The monoisotopic (exact) mass is 520 g/mol. The van der Waals surface area contributed by atoms with E-state index in [1.807, 2.05) is 42.5 Å². The quantitative estimate of drug-likeness (QED) is 0.469. The highest BCUT2D eigenvalue weighted by atomic mass is 16.5. The molecule has 2 bridgehead atoms. The lowest BCUT2D eigenvalue weighted by molar-refractivity contribution is -0.142. The van der Waals surface area contributed by atoms with Crippen LogP contribution in [0.4, 0.5) is 17.1 Å². The molecule has 3 aliphatic rings. The third-order valence-corrected chi connectivity index (χ3v) is 8.33. The van der Waals surface area contributed by atoms with Gasteiger partial charge in [-0.1, -0.05) is 18.2 Å². The normalized spacial score (nSPS) is 28.2. The van der Waals surface area contributed by atoms with Crippen LogP contribution in [0, 0.1) is 11.8 Å². The van der Waals surface area contributed by atoms with Crippen molar-refractivity contribution < 1.29 is 24.2 Å². The Labute approximate surface area is 223 Å². The van der Waals surface area contributed by atoms with Crippen LogP contribution in [0.25, 0.3) is 0 Å². The minimum atomic E-state index is -1.12. The van der Waals surface area contributed by atoms with Gasteiger partial charge in [-0.25, -0.2) is 0 Å². The number of rotatable bonds is 9. The summed E-state index contributed by atoms with van der Waals surface area (Å²) in [6, 6.07) is 15.1. The summed E-state index contributed by atoms with van der Waals surface area (Å²) in [6.07, 6.45) is 0.639. The van der Waals surface area contributed by atoms with Crippen molar-refractivity contribution >= 4 is 34.8 Å². The maximum absolute atomic E-state index is 13.9. The number of anilines is 3. The molecule has 0 saturated carbocycles. The molecule has 0 aromatic heterocycles. The van der Waals surface area contributed by atoms with E-state index in [1.54, 1.807) is 19.1 Å². The highest BCUT2D eigenvalue weighted by Crippen LogP contribution is 2.59. The second-order valence-corrected chi connectivity index (χ2v) is 10.4. The summed E-state index contributed by atoms with van der Waals surface area (Å²) in [5.74, 6) is -2.48. The van der Waals surface area contributed by atoms with E-state index in [0.717, 1.165) is 18.8 Å². The number of para-hydroxylation sites is 1. The standard InChI is InChI=1S/C29H36N4O5/c1-4-32(5-2)21-13-11-20(12-14-21)31-27(36)25-29-16-15-22(38-29)23(24(29)28(37)33(25)18(3)17-34)26(35)30-19-9-7-6-8-10-19/h6-14,18,22-25,34H,4-5,15-17H2,1-3H3,(H,30,35)(H,31,36)/t18-,22+,23-,24+,25?,29?/m1/s1. The Hall–Kier alpha value is -3.43. The van der Waals surface area contributed by atoms with Gasteiger partial charge in [0.1, 0.15) is 11.6 Å². The van der Waals surface area contributed by atoms with E-state index in [0.29, 0.717) is 24.2 Å². The topological polar surface area (TPSA) is 111 Å². The third kappa shape index (κ3) is 4.23. The number of fused-ring (bicyclic) bond motifs is 1. The smallest absolute Gasteiger partial charge is 0.250 e. The van der Waals surface area contributed by atoms with Crippen molar-refractivity contribution in [1.82, 2.24) is 4.90 Å². The molecule has 2 unspecified atom stereocenters. The zero-order valence-corrected chi connectivity index (χ0v) is 22.1. The highest BCUT2D eigenvalue weighted by Gasteiger charge is 2.74. The van der Waals surface area contributed by atoms with E-state index in [-0.39, 0.29) is 24.3 Å². The Morgan fingerprint density at radius 1 is 1.05 bits per heavy atom. The molecule has 3 saturated heterocycles. The lowest BCUT2D eigenvalue weighted by atomic mass is 9.70. The number of aliphatic hydroxyl groups is 1. The molecule has 3 N–H and O–H groups in total. The lowest BCUT2D eigenvalue weighted by Gasteiger charge is -2.35. The molecule has 38 heavy (non-hydrogen) atoms. The number of amides is 3. The predicted molar refractivity (Wildman–Crippen MR) is 145 cm³/mol. The van der Waals surface area contributed by atoms with Crippen LogP contribution in [0.2, 0.25) is 0 Å². The molecule has 0 aliphatic carbocycles. The first kappa shape index (κ1) is 26.2. The van der Waals surface area contributed by atoms with Gasteiger partial charge < -0.3 is 30.3 Å². The summed E-state index contributed by atoms with van der Waals surface area (Å²) in [4.78, 5) is 44.8. The van der Waals surface area contributed by atoms with E-state index in [4.69, 9.17) is 4.74 Å². The highest BCUT2D eigenvalue weighted by molar-refractivity contribution is 6.05. The first-order valence-electron chi connectivity index (χ1n) is 13.5. The molecule has 202 valence electrons. The number of nitrogens with zero attached hydrogens (tertiary/aromatic N) is 2. The van der Waals surface area contributed by atoms with Crippen LogP contribution in [0.1, 0.15) is 33.6 Å². The van der Waals surface area contributed by atoms with Crippen molar-refractivity contribution in [3.05, 3.63) is 54.6 Å². The number of aliphatic hydroxyl groups excluding tert-OH is 1. The van der Waals surface area contributed by atoms with Crippen molar-refractivity contribution in [2.75, 3.05) is 35.2 Å². The van der Waals surface area contributed by atoms with Gasteiger partial charge in [-0.3, -0.25) is 14.4 Å². The Kier molecular flexibility index (Phi) is 7.15. The predicted octanol–water partition coefficient (Wildman–Crippen LogP) is 2.87. The minimum Gasteiger partial charge on any atom is -0.394 e. The largest absolute Gasteiger partial charge is 0.394 e. The minimum absolute atomic E-state index is 0.286. The van der Waals surface area contributed by atoms with Gasteiger partial charge in [0, 0.05) is 30.2 Å². The Balaban J connectivity index is 1.42. The summed E-state index contributed by atoms with van der Waals surface area (Å²) in [7, 11) is 0. The molecule has 2 aromatic rings. The average molecular weight is 521 g/mol. The number of hydrogen-bond donors (Lipinski definition) is 3. The van der Waals surface area contributed by atoms with E-state index in [1.165, 1.54) is 4.90 Å². The molecule has 3 fully saturated rings. The zero-order valence-electron chi connectivity index (χ0n) is 22.1. The summed E-state index contributed by atoms with van der Waals surface area (Å²) >= 11 is 0. The fourth-order valence-electron chi connectivity index (χ4n) is 6.56. The Morgan fingerprint density at radius 2 is 1.68 bits per heavy atom. The van der Waals surface area contributed by atoms with Crippen LogP contribution >= 0.6 is 0 Å². The molecule has 0 radical (unpaired) electrons. The van der Waals surface area contributed by atoms with Crippen LogP contribution in [-0.4, -0.2) is 71.2 Å². The molecule has 3 aliphatic heterocycles. The van der Waals surface area contributed by atoms with Gasteiger partial charge in [-0.2, -0.15) is 0 Å². The number of carbonyl (C=O) groups excluding carboxylic acids is 3. The molecule has 3 heterocycles. The van der Waals surface area contributed by atoms with Crippen LogP contribution in [-0.2, 0) is 19.1 Å². The molecule has 9 nitrogen and oxygen atoms in total. The Morgan fingerprint density at radius 3 is 2.32 bits per heavy atom. The van der Waals surface area contributed by atoms with Crippen LogP contribution < -0.4 is 15.5 Å². The fraction of sp³-hybridized carbons (Fsp3) is 0.483. The van der Waals surface area contributed by atoms with Gasteiger partial charge in [0.2, 0.25) is 17.7 Å². The molecular weight excluding hydrogens is 484 g/mol. The average Bonchev–Trinajstić information content (AvgIpc) is 3.57. The summed E-state index contributed by atoms with van der Waals surface area (Å²) in [5.41, 5.74) is 1.20. The fourth-order valence-corrected chi connectivity index (χ4v) is 6.56. The van der Waals surface area contributed by atoms with Crippen LogP contribution in [0.5, 0.6) is 0 Å². The molecule has 6 atom stereocenters. The Bertz CT molecular complexity index is 1190. The first-order chi connectivity index (χ1) is 18.3. The van der Waals surface area contributed by atoms with E-state index in [2.05, 4.69) is 29.4 Å². The van der Waals surface area contributed by atoms with Crippen LogP contribution in [0.15, 0.2) is 54.6 Å². The van der Waals surface area contributed by atoms with Crippen molar-refractivity contribution in [2.45, 2.75) is 57.4 Å². The number of nitrogens with one attached hydrogen (secondary N) is 2. The molecule has 9 heteroatoms. The van der Waals surface area contributed by atoms with Gasteiger partial charge in [-0.05, 0) is 70.0 Å². The lowest BCUT2D eigenvalue weighted by Crippen LogP contribution is -2.55. The molecule has 5 rings (SSSR count). The number of hydrogen-bond acceptors (Lipinski definition) is 6. The van der Waals surface area contributed by atoms with Crippen molar-refractivity contribution in [3.63, 3.8) is 0 Å². The SMILES string of the molecule is CCN(CC)c1ccc(NC(=O)C2N([C@H](C)CO)C(=O)[C@@H]3[C@H](C(=O)Nc4ccccc4)[C@@H]4CCC23O4)cc1. The van der Waals surface area contributed by atoms with Gasteiger partial charge >= 0.3 is 0 Å². The molecule has 1 spiro atoms. The second kappa shape index (κ2) is 10.4. The van der Waals surface area contributed by atoms with Crippen molar-refractivity contribution in [1.29, 1.82) is 0 Å². The number of likely N-dealkylation sites (tertiary alicyclic amines) is 1. The maximum atomic E-state index is 13.9. The van der Waals surface area contributed by atoms with Gasteiger partial charge in [0.05, 0.1) is 30.6 Å². The number of ether oxygens (including phenoxy) is 1. The molecule has 3 amide bonds. The van der Waals surface area contributed by atoms with Gasteiger partial charge in [0.15, 0.2) is 0 Å². The summed E-state index contributed by atoms with van der Waals surface area (Å²) < 4.78 is 6.43. The maximum Gasteiger partial charge on any atom is 0.250 e. The second-order valence-electron chi connectivity index (χ2n) is 10.4. The van der Waals surface area contributed by atoms with E-state index < -0.39 is 35.6 Å². The molecule has 2 aromatic carbocycles. The van der Waals surface area contributed by atoms with Gasteiger partial charge in [0.25, 0.3) is 0 Å². The molecular formula is C29H36N4O5. The van der Waals surface area contributed by atoms with E-state index in [9.17, 15) is 19.5 Å². The van der Waals surface area contributed by atoms with Crippen molar-refractivity contribution in [3.8, 4) is 0 Å². The van der Waals surface area contributed by atoms with Gasteiger partial charge in [-0.15, -0.1) is 0 Å². The summed E-state index contributed by atoms with van der Waals surface area (Å²) in [5, 5.41) is 15.9. The van der Waals surface area contributed by atoms with Crippen LogP contribution in [0.3, 0.4) is 0 Å². The number of benzene rings is 2. The number of carbonyl (C=O) groups is 3. The first-order valence-corrected chi connectivity index (χ1v) is 13.5. The summed E-state index contributed by atoms with van der Waals surface area (Å²) in [6.45, 7) is 7.34.